The van der Waals surface area contributed by atoms with E-state index < -0.39 is 0 Å². The van der Waals surface area contributed by atoms with Gasteiger partial charge in [-0.15, -0.1) is 0 Å². The number of hydrogen-bond acceptors (Lipinski definition) is 1. The molecule has 0 amide bonds. The fourth-order valence-corrected chi connectivity index (χ4v) is 2.44. The van der Waals surface area contributed by atoms with Gasteiger partial charge in [-0.25, -0.2) is 0 Å². The van der Waals surface area contributed by atoms with E-state index in [4.69, 9.17) is 11.6 Å². The summed E-state index contributed by atoms with van der Waals surface area (Å²) in [5.41, 5.74) is 1.34. The lowest BCUT2D eigenvalue weighted by Crippen LogP contribution is -2.22. The minimum Gasteiger partial charge on any atom is -0.310 e. The van der Waals surface area contributed by atoms with Crippen molar-refractivity contribution in [2.75, 3.05) is 6.54 Å². The molecule has 1 fully saturated rings. The van der Waals surface area contributed by atoms with Crippen molar-refractivity contribution in [3.8, 4) is 0 Å². The second-order valence-electron chi connectivity index (χ2n) is 5.08. The van der Waals surface area contributed by atoms with Gasteiger partial charge in [0.25, 0.3) is 0 Å². The van der Waals surface area contributed by atoms with E-state index in [1.165, 1.54) is 37.7 Å². The average Bonchev–Trinajstić information content (AvgIpc) is 3.13. The summed E-state index contributed by atoms with van der Waals surface area (Å²) in [7, 11) is 0. The van der Waals surface area contributed by atoms with Crippen molar-refractivity contribution in [2.45, 2.75) is 45.1 Å². The van der Waals surface area contributed by atoms with Crippen LogP contribution in [0.1, 0.15) is 50.6 Å². The van der Waals surface area contributed by atoms with E-state index in [2.05, 4.69) is 30.4 Å². The molecule has 0 heterocycles. The van der Waals surface area contributed by atoms with Crippen LogP contribution >= 0.6 is 11.6 Å². The highest BCUT2D eigenvalue weighted by Gasteiger charge is 2.22. The van der Waals surface area contributed by atoms with Gasteiger partial charge in [-0.05, 0) is 49.4 Å². The first-order chi connectivity index (χ1) is 8.29. The lowest BCUT2D eigenvalue weighted by Gasteiger charge is -2.19. The van der Waals surface area contributed by atoms with Crippen molar-refractivity contribution in [3.63, 3.8) is 0 Å². The third-order valence-electron chi connectivity index (χ3n) is 3.45. The molecular formula is C15H22ClN. The van der Waals surface area contributed by atoms with E-state index in [1.807, 2.05) is 6.07 Å². The molecule has 1 saturated carbocycles. The van der Waals surface area contributed by atoms with Crippen LogP contribution in [0.3, 0.4) is 0 Å². The summed E-state index contributed by atoms with van der Waals surface area (Å²) in [5.74, 6) is 1.00. The summed E-state index contributed by atoms with van der Waals surface area (Å²) >= 11 is 6.07. The predicted octanol–water partition coefficient (Wildman–Crippen LogP) is 4.57. The lowest BCUT2D eigenvalue weighted by molar-refractivity contribution is 0.470. The molecular weight excluding hydrogens is 230 g/mol. The molecule has 1 nitrogen and oxygen atoms in total. The van der Waals surface area contributed by atoms with Crippen LogP contribution in [-0.4, -0.2) is 6.54 Å². The maximum Gasteiger partial charge on any atom is 0.0409 e. The Balaban J connectivity index is 1.96. The van der Waals surface area contributed by atoms with Gasteiger partial charge in [0.05, 0.1) is 0 Å². The number of nitrogens with one attached hydrogen (secondary N) is 1. The summed E-state index contributed by atoms with van der Waals surface area (Å²) in [6, 6.07) is 8.76. The Morgan fingerprint density at radius 3 is 2.88 bits per heavy atom. The Kier molecular flexibility index (Phi) is 4.87. The molecule has 94 valence electrons. The number of benzene rings is 1. The third kappa shape index (κ3) is 4.33. The van der Waals surface area contributed by atoms with E-state index in [0.717, 1.165) is 17.5 Å². The van der Waals surface area contributed by atoms with Crippen molar-refractivity contribution in [3.05, 3.63) is 34.9 Å². The van der Waals surface area contributed by atoms with Gasteiger partial charge in [-0.1, -0.05) is 43.5 Å². The highest BCUT2D eigenvalue weighted by Crippen LogP contribution is 2.36. The predicted molar refractivity (Wildman–Crippen MR) is 74.4 cm³/mol. The molecule has 0 saturated heterocycles. The fraction of sp³-hybridized carbons (Fsp3) is 0.600. The van der Waals surface area contributed by atoms with Gasteiger partial charge in [-0.2, -0.15) is 0 Å². The topological polar surface area (TPSA) is 12.0 Å². The molecule has 17 heavy (non-hydrogen) atoms. The highest BCUT2D eigenvalue weighted by atomic mass is 35.5. The smallest absolute Gasteiger partial charge is 0.0409 e. The first-order valence-corrected chi connectivity index (χ1v) is 7.16. The SMILES string of the molecule is CCCNC(CCC1CC1)c1cccc(Cl)c1. The Morgan fingerprint density at radius 2 is 2.24 bits per heavy atom. The molecule has 1 aromatic carbocycles. The molecule has 1 atom stereocenters. The van der Waals surface area contributed by atoms with Crippen LogP contribution in [0, 0.1) is 5.92 Å². The standard InChI is InChI=1S/C15H22ClN/c1-2-10-17-15(9-8-12-6-7-12)13-4-3-5-14(16)11-13/h3-5,11-12,15,17H,2,6-10H2,1H3. The van der Waals surface area contributed by atoms with Crippen molar-refractivity contribution >= 4 is 11.6 Å². The van der Waals surface area contributed by atoms with E-state index >= 15 is 0 Å². The van der Waals surface area contributed by atoms with Crippen LogP contribution in [0.15, 0.2) is 24.3 Å². The monoisotopic (exact) mass is 251 g/mol. The van der Waals surface area contributed by atoms with Crippen LogP contribution in [0.5, 0.6) is 0 Å². The number of hydrogen-bond donors (Lipinski definition) is 1. The van der Waals surface area contributed by atoms with Gasteiger partial charge in [0.2, 0.25) is 0 Å². The second-order valence-corrected chi connectivity index (χ2v) is 5.52. The van der Waals surface area contributed by atoms with E-state index in [9.17, 15) is 0 Å². The second kappa shape index (κ2) is 6.42. The first-order valence-electron chi connectivity index (χ1n) is 6.78. The summed E-state index contributed by atoms with van der Waals surface area (Å²) in [6.07, 6.45) is 6.66. The van der Waals surface area contributed by atoms with Crippen molar-refractivity contribution in [2.24, 2.45) is 5.92 Å². The maximum absolute atomic E-state index is 6.07. The average molecular weight is 252 g/mol. The Morgan fingerprint density at radius 1 is 1.41 bits per heavy atom. The molecule has 2 heteroatoms. The minimum atomic E-state index is 0.481. The minimum absolute atomic E-state index is 0.481. The zero-order valence-electron chi connectivity index (χ0n) is 10.6. The van der Waals surface area contributed by atoms with Gasteiger partial charge in [0.1, 0.15) is 0 Å². The van der Waals surface area contributed by atoms with Gasteiger partial charge in [0.15, 0.2) is 0 Å². The Hall–Kier alpha value is -0.530. The molecule has 0 aromatic heterocycles. The normalized spacial score (nSPS) is 17.1. The van der Waals surface area contributed by atoms with E-state index in [1.54, 1.807) is 0 Å². The summed E-state index contributed by atoms with van der Waals surface area (Å²) in [5, 5.41) is 4.48. The Labute approximate surface area is 110 Å². The molecule has 1 aromatic rings. The van der Waals surface area contributed by atoms with Crippen LogP contribution < -0.4 is 5.32 Å². The van der Waals surface area contributed by atoms with E-state index in [-0.39, 0.29) is 0 Å². The summed E-state index contributed by atoms with van der Waals surface area (Å²) in [4.78, 5) is 0. The van der Waals surface area contributed by atoms with Crippen LogP contribution in [0.25, 0.3) is 0 Å². The van der Waals surface area contributed by atoms with Crippen molar-refractivity contribution in [1.82, 2.24) is 5.32 Å². The van der Waals surface area contributed by atoms with E-state index in [0.29, 0.717) is 6.04 Å². The van der Waals surface area contributed by atoms with Crippen LogP contribution in [0.2, 0.25) is 5.02 Å². The third-order valence-corrected chi connectivity index (χ3v) is 3.69. The van der Waals surface area contributed by atoms with Gasteiger partial charge in [-0.3, -0.25) is 0 Å². The molecule has 0 bridgehead atoms. The molecule has 1 N–H and O–H groups in total. The molecule has 1 aliphatic rings. The van der Waals surface area contributed by atoms with Crippen molar-refractivity contribution in [1.29, 1.82) is 0 Å². The van der Waals surface area contributed by atoms with Crippen LogP contribution in [-0.2, 0) is 0 Å². The quantitative estimate of drug-likeness (QED) is 0.749. The number of rotatable bonds is 7. The maximum atomic E-state index is 6.07. The Bertz CT molecular complexity index is 347. The molecule has 1 aliphatic carbocycles. The van der Waals surface area contributed by atoms with Crippen LogP contribution in [0.4, 0.5) is 0 Å². The molecule has 0 radical (unpaired) electrons. The van der Waals surface area contributed by atoms with Crippen molar-refractivity contribution < 1.29 is 0 Å². The zero-order chi connectivity index (χ0) is 12.1. The zero-order valence-corrected chi connectivity index (χ0v) is 11.3. The largest absolute Gasteiger partial charge is 0.310 e. The fourth-order valence-electron chi connectivity index (χ4n) is 2.24. The molecule has 1 unspecified atom stereocenters. The molecule has 0 spiro atoms. The molecule has 2 rings (SSSR count). The van der Waals surface area contributed by atoms with Gasteiger partial charge in [0, 0.05) is 11.1 Å². The summed E-state index contributed by atoms with van der Waals surface area (Å²) in [6.45, 7) is 3.30. The molecule has 0 aliphatic heterocycles. The van der Waals surface area contributed by atoms with Gasteiger partial charge >= 0.3 is 0 Å². The first kappa shape index (κ1) is 12.9. The lowest BCUT2D eigenvalue weighted by atomic mass is 10.0. The highest BCUT2D eigenvalue weighted by molar-refractivity contribution is 6.30. The number of halogens is 1. The summed E-state index contributed by atoms with van der Waals surface area (Å²) < 4.78 is 0. The van der Waals surface area contributed by atoms with Gasteiger partial charge < -0.3 is 5.32 Å².